The summed E-state index contributed by atoms with van der Waals surface area (Å²) in [7, 11) is -1.88. The van der Waals surface area contributed by atoms with Crippen LogP contribution in [0.25, 0.3) is 0 Å². The number of nitrogens with zero attached hydrogens (tertiary/aromatic N) is 1. The second-order valence-electron chi connectivity index (χ2n) is 4.53. The summed E-state index contributed by atoms with van der Waals surface area (Å²) in [6, 6.07) is 0. The van der Waals surface area contributed by atoms with E-state index in [1.54, 1.807) is 4.90 Å². The van der Waals surface area contributed by atoms with E-state index in [-0.39, 0.29) is 24.2 Å². The summed E-state index contributed by atoms with van der Waals surface area (Å²) >= 11 is 0. The molecule has 8 heteroatoms. The van der Waals surface area contributed by atoms with Crippen LogP contribution in [0.4, 0.5) is 4.79 Å². The molecule has 0 atom stereocenters. The molecule has 1 aliphatic heterocycles. The first kappa shape index (κ1) is 15.7. The molecule has 1 amide bonds. The maximum atomic E-state index is 11.8. The third kappa shape index (κ3) is 5.91. The first-order chi connectivity index (χ1) is 8.81. The van der Waals surface area contributed by atoms with Crippen LogP contribution in [0.15, 0.2) is 0 Å². The lowest BCUT2D eigenvalue weighted by Crippen LogP contribution is -2.41. The van der Waals surface area contributed by atoms with Crippen LogP contribution in [-0.4, -0.2) is 63.7 Å². The van der Waals surface area contributed by atoms with Gasteiger partial charge in [0.2, 0.25) is 5.91 Å². The van der Waals surface area contributed by atoms with Crippen molar-refractivity contribution in [1.29, 1.82) is 0 Å². The first-order valence-electron chi connectivity index (χ1n) is 6.02. The van der Waals surface area contributed by atoms with E-state index in [0.29, 0.717) is 25.9 Å². The Labute approximate surface area is 112 Å². The molecule has 0 spiro atoms. The lowest BCUT2D eigenvalue weighted by atomic mass is 10.1. The van der Waals surface area contributed by atoms with Gasteiger partial charge in [0.25, 0.3) is 0 Å². The van der Waals surface area contributed by atoms with Gasteiger partial charge in [-0.1, -0.05) is 0 Å². The average molecular weight is 293 g/mol. The van der Waals surface area contributed by atoms with E-state index >= 15 is 0 Å². The van der Waals surface area contributed by atoms with Gasteiger partial charge in [-0.2, -0.15) is 0 Å². The molecule has 0 aromatic heterocycles. The molecule has 0 aromatic carbocycles. The SMILES string of the molecule is COC(=O)OC1CCN(C(=O)CCS(C)(=O)=O)CC1. The van der Waals surface area contributed by atoms with Crippen LogP contribution in [0.3, 0.4) is 0 Å². The molecule has 110 valence electrons. The number of carbonyl (C=O) groups excluding carboxylic acids is 2. The van der Waals surface area contributed by atoms with Gasteiger partial charge in [-0.25, -0.2) is 13.2 Å². The Kier molecular flexibility index (Phi) is 5.59. The van der Waals surface area contributed by atoms with E-state index < -0.39 is 16.0 Å². The Bertz CT molecular complexity index is 424. The first-order valence-corrected chi connectivity index (χ1v) is 8.08. The molecule has 0 aliphatic carbocycles. The van der Waals surface area contributed by atoms with E-state index in [0.717, 1.165) is 6.26 Å². The topological polar surface area (TPSA) is 90.0 Å². The highest BCUT2D eigenvalue weighted by atomic mass is 32.2. The smallest absolute Gasteiger partial charge is 0.438 e. The zero-order chi connectivity index (χ0) is 14.5. The number of amides is 1. The summed E-state index contributed by atoms with van der Waals surface area (Å²) < 4.78 is 31.3. The number of carbonyl (C=O) groups is 2. The van der Waals surface area contributed by atoms with Crippen LogP contribution in [0.5, 0.6) is 0 Å². The van der Waals surface area contributed by atoms with Gasteiger partial charge < -0.3 is 14.4 Å². The highest BCUT2D eigenvalue weighted by Gasteiger charge is 2.25. The molecule has 0 saturated carbocycles. The lowest BCUT2D eigenvalue weighted by molar-refractivity contribution is -0.132. The molecular formula is C11H19NO6S. The predicted molar refractivity (Wildman–Crippen MR) is 67.4 cm³/mol. The molecule has 19 heavy (non-hydrogen) atoms. The van der Waals surface area contributed by atoms with Crippen molar-refractivity contribution in [2.24, 2.45) is 0 Å². The van der Waals surface area contributed by atoms with Crippen molar-refractivity contribution in [3.63, 3.8) is 0 Å². The van der Waals surface area contributed by atoms with E-state index in [1.807, 2.05) is 0 Å². The number of likely N-dealkylation sites (tertiary alicyclic amines) is 1. The summed E-state index contributed by atoms with van der Waals surface area (Å²) in [5, 5.41) is 0. The summed E-state index contributed by atoms with van der Waals surface area (Å²) in [6.07, 6.45) is 1.23. The quantitative estimate of drug-likeness (QED) is 0.688. The molecule has 1 saturated heterocycles. The highest BCUT2D eigenvalue weighted by Crippen LogP contribution is 2.15. The number of piperidine rings is 1. The molecule has 1 aliphatic rings. The zero-order valence-corrected chi connectivity index (χ0v) is 11.9. The van der Waals surface area contributed by atoms with E-state index in [4.69, 9.17) is 4.74 Å². The van der Waals surface area contributed by atoms with Crippen molar-refractivity contribution in [1.82, 2.24) is 4.90 Å². The molecule has 1 fully saturated rings. The fraction of sp³-hybridized carbons (Fsp3) is 0.818. The van der Waals surface area contributed by atoms with Gasteiger partial charge in [0.05, 0.1) is 12.9 Å². The van der Waals surface area contributed by atoms with Gasteiger partial charge in [0, 0.05) is 38.6 Å². The fourth-order valence-corrected chi connectivity index (χ4v) is 2.38. The summed E-state index contributed by atoms with van der Waals surface area (Å²) in [5.41, 5.74) is 0. The molecule has 0 bridgehead atoms. The fourth-order valence-electron chi connectivity index (χ4n) is 1.84. The van der Waals surface area contributed by atoms with Crippen LogP contribution in [0.1, 0.15) is 19.3 Å². The van der Waals surface area contributed by atoms with Crippen LogP contribution >= 0.6 is 0 Å². The van der Waals surface area contributed by atoms with Gasteiger partial charge in [-0.15, -0.1) is 0 Å². The van der Waals surface area contributed by atoms with Crippen molar-refractivity contribution in [3.8, 4) is 0 Å². The normalized spacial score (nSPS) is 17.1. The number of sulfone groups is 1. The van der Waals surface area contributed by atoms with Crippen molar-refractivity contribution in [2.45, 2.75) is 25.4 Å². The third-order valence-corrected chi connectivity index (χ3v) is 3.86. The van der Waals surface area contributed by atoms with Crippen molar-refractivity contribution < 1.29 is 27.5 Å². The molecule has 0 aromatic rings. The largest absolute Gasteiger partial charge is 0.508 e. The highest BCUT2D eigenvalue weighted by molar-refractivity contribution is 7.90. The van der Waals surface area contributed by atoms with Crippen molar-refractivity contribution in [2.75, 3.05) is 32.2 Å². The number of rotatable bonds is 4. The number of hydrogen-bond donors (Lipinski definition) is 0. The molecular weight excluding hydrogens is 274 g/mol. The van der Waals surface area contributed by atoms with Gasteiger partial charge >= 0.3 is 6.16 Å². The zero-order valence-electron chi connectivity index (χ0n) is 11.1. The predicted octanol–water partition coefficient (Wildman–Crippen LogP) is 0.195. The van der Waals surface area contributed by atoms with Crippen molar-refractivity contribution in [3.05, 3.63) is 0 Å². The molecule has 0 radical (unpaired) electrons. The van der Waals surface area contributed by atoms with Crippen LogP contribution in [-0.2, 0) is 24.1 Å². The number of hydrogen-bond acceptors (Lipinski definition) is 6. The standard InChI is InChI=1S/C11H19NO6S/c1-17-11(14)18-9-3-6-12(7-4-9)10(13)5-8-19(2,15)16/h9H,3-8H2,1-2H3. The van der Waals surface area contributed by atoms with Crippen LogP contribution in [0, 0.1) is 0 Å². The third-order valence-electron chi connectivity index (χ3n) is 2.91. The van der Waals surface area contributed by atoms with Gasteiger partial charge in [-0.3, -0.25) is 4.79 Å². The second-order valence-corrected chi connectivity index (χ2v) is 6.79. The number of methoxy groups -OCH3 is 1. The molecule has 0 N–H and O–H groups in total. The lowest BCUT2D eigenvalue weighted by Gasteiger charge is -2.31. The monoisotopic (exact) mass is 293 g/mol. The Morgan fingerprint density at radius 1 is 1.26 bits per heavy atom. The van der Waals surface area contributed by atoms with E-state index in [9.17, 15) is 18.0 Å². The Hall–Kier alpha value is -1.31. The van der Waals surface area contributed by atoms with Crippen molar-refractivity contribution >= 4 is 21.9 Å². The maximum absolute atomic E-state index is 11.8. The van der Waals surface area contributed by atoms with Gasteiger partial charge in [0.15, 0.2) is 0 Å². The summed E-state index contributed by atoms with van der Waals surface area (Å²) in [5.74, 6) is -0.313. The Morgan fingerprint density at radius 2 is 1.84 bits per heavy atom. The average Bonchev–Trinajstić information content (AvgIpc) is 2.36. The van der Waals surface area contributed by atoms with Crippen LogP contribution in [0.2, 0.25) is 0 Å². The van der Waals surface area contributed by atoms with Gasteiger partial charge in [0.1, 0.15) is 15.9 Å². The van der Waals surface area contributed by atoms with Crippen LogP contribution < -0.4 is 0 Å². The summed E-state index contributed by atoms with van der Waals surface area (Å²) in [4.78, 5) is 24.3. The van der Waals surface area contributed by atoms with E-state index in [1.165, 1.54) is 7.11 Å². The summed E-state index contributed by atoms with van der Waals surface area (Å²) in [6.45, 7) is 0.925. The minimum absolute atomic E-state index is 0.00135. The molecule has 7 nitrogen and oxygen atoms in total. The molecule has 1 heterocycles. The molecule has 1 rings (SSSR count). The van der Waals surface area contributed by atoms with E-state index in [2.05, 4.69) is 4.74 Å². The number of ether oxygens (including phenoxy) is 2. The minimum Gasteiger partial charge on any atom is -0.438 e. The second kappa shape index (κ2) is 6.74. The Morgan fingerprint density at radius 3 is 2.32 bits per heavy atom. The maximum Gasteiger partial charge on any atom is 0.508 e. The van der Waals surface area contributed by atoms with Gasteiger partial charge in [-0.05, 0) is 0 Å². The Balaban J connectivity index is 2.33. The molecule has 0 unspecified atom stereocenters. The minimum atomic E-state index is -3.12.